The molecule has 150 valence electrons. The fraction of sp³-hybridized carbons (Fsp3) is 0.200. The zero-order chi connectivity index (χ0) is 20.4. The first-order chi connectivity index (χ1) is 14.1. The van der Waals surface area contributed by atoms with E-state index >= 15 is 0 Å². The molecule has 0 saturated carbocycles. The molecule has 0 aliphatic carbocycles. The monoisotopic (exact) mass is 459 g/mol. The van der Waals surface area contributed by atoms with Crippen LogP contribution in [0.5, 0.6) is 23.1 Å². The van der Waals surface area contributed by atoms with Gasteiger partial charge in [-0.05, 0) is 45.8 Å². The number of furan rings is 1. The summed E-state index contributed by atoms with van der Waals surface area (Å²) in [4.78, 5) is 4.59. The topological polar surface area (TPSA) is 80.3 Å². The molecule has 29 heavy (non-hydrogen) atoms. The van der Waals surface area contributed by atoms with Gasteiger partial charge in [0.05, 0.1) is 38.3 Å². The van der Waals surface area contributed by atoms with Gasteiger partial charge in [-0.2, -0.15) is 9.61 Å². The van der Waals surface area contributed by atoms with Gasteiger partial charge in [0, 0.05) is 6.07 Å². The molecule has 0 atom stereocenters. The number of rotatable bonds is 7. The van der Waals surface area contributed by atoms with Crippen molar-refractivity contribution >= 4 is 21.6 Å². The molecule has 0 aliphatic rings. The second kappa shape index (κ2) is 8.04. The van der Waals surface area contributed by atoms with Crippen LogP contribution in [0.3, 0.4) is 0 Å². The van der Waals surface area contributed by atoms with Crippen molar-refractivity contribution in [1.29, 1.82) is 0 Å². The molecular formula is C20H18BrN3O5. The minimum absolute atomic E-state index is 0.255. The van der Waals surface area contributed by atoms with E-state index in [2.05, 4.69) is 26.0 Å². The molecule has 0 unspecified atom stereocenters. The van der Waals surface area contributed by atoms with Crippen LogP contribution >= 0.6 is 15.9 Å². The summed E-state index contributed by atoms with van der Waals surface area (Å²) in [7, 11) is 4.71. The molecule has 1 aromatic carbocycles. The molecule has 0 aliphatic heterocycles. The lowest BCUT2D eigenvalue weighted by atomic mass is 10.2. The van der Waals surface area contributed by atoms with E-state index in [1.165, 1.54) is 0 Å². The van der Waals surface area contributed by atoms with Crippen LogP contribution in [-0.2, 0) is 6.61 Å². The highest BCUT2D eigenvalue weighted by molar-refractivity contribution is 9.10. The average molecular weight is 460 g/mol. The van der Waals surface area contributed by atoms with Crippen molar-refractivity contribution in [1.82, 2.24) is 14.6 Å². The van der Waals surface area contributed by atoms with Gasteiger partial charge in [0.1, 0.15) is 12.3 Å². The van der Waals surface area contributed by atoms with E-state index in [4.69, 9.17) is 23.4 Å². The van der Waals surface area contributed by atoms with Crippen LogP contribution in [0.2, 0.25) is 0 Å². The van der Waals surface area contributed by atoms with Crippen LogP contribution in [0.25, 0.3) is 17.1 Å². The smallest absolute Gasteiger partial charge is 0.219 e. The Hall–Kier alpha value is -3.20. The maximum Gasteiger partial charge on any atom is 0.219 e. The van der Waals surface area contributed by atoms with Crippen molar-refractivity contribution in [2.75, 3.05) is 21.3 Å². The molecular weight excluding hydrogens is 442 g/mol. The minimum Gasteiger partial charge on any atom is -0.493 e. The number of ether oxygens (including phenoxy) is 4. The summed E-state index contributed by atoms with van der Waals surface area (Å²) in [6.07, 6.45) is 3.27. The third-order valence-electron chi connectivity index (χ3n) is 4.28. The Morgan fingerprint density at radius 2 is 1.83 bits per heavy atom. The molecule has 9 heteroatoms. The van der Waals surface area contributed by atoms with Crippen LogP contribution in [0.1, 0.15) is 5.56 Å². The van der Waals surface area contributed by atoms with E-state index in [1.807, 2.05) is 24.3 Å². The van der Waals surface area contributed by atoms with E-state index in [0.717, 1.165) is 10.0 Å². The molecule has 3 heterocycles. The first-order valence-corrected chi connectivity index (χ1v) is 9.43. The van der Waals surface area contributed by atoms with E-state index < -0.39 is 0 Å². The van der Waals surface area contributed by atoms with Gasteiger partial charge >= 0.3 is 0 Å². The third-order valence-corrected chi connectivity index (χ3v) is 4.84. The lowest BCUT2D eigenvalue weighted by Gasteiger charge is -2.15. The summed E-state index contributed by atoms with van der Waals surface area (Å²) >= 11 is 3.47. The molecule has 0 bridgehead atoms. The number of benzene rings is 1. The Labute approximate surface area is 175 Å². The number of hydrogen-bond acceptors (Lipinski definition) is 7. The van der Waals surface area contributed by atoms with Gasteiger partial charge in [0.15, 0.2) is 22.9 Å². The second-order valence-electron chi connectivity index (χ2n) is 6.01. The fourth-order valence-corrected chi connectivity index (χ4v) is 3.29. The zero-order valence-corrected chi connectivity index (χ0v) is 17.6. The summed E-state index contributed by atoms with van der Waals surface area (Å²) in [5, 5.41) is 4.33. The molecule has 0 N–H and O–H groups in total. The third kappa shape index (κ3) is 3.61. The number of hydrogen-bond donors (Lipinski definition) is 0. The maximum absolute atomic E-state index is 6.08. The summed E-state index contributed by atoms with van der Waals surface area (Å²) < 4.78 is 30.1. The number of nitrogens with zero attached hydrogens (tertiary/aromatic N) is 3. The Morgan fingerprint density at radius 3 is 2.45 bits per heavy atom. The molecule has 0 amide bonds. The Bertz CT molecular complexity index is 1120. The van der Waals surface area contributed by atoms with Gasteiger partial charge in [0.25, 0.3) is 0 Å². The van der Waals surface area contributed by atoms with Crippen LogP contribution in [0, 0.1) is 0 Å². The molecule has 4 rings (SSSR count). The molecule has 3 aromatic heterocycles. The summed E-state index contributed by atoms with van der Waals surface area (Å²) in [5.41, 5.74) is 2.11. The molecule has 8 nitrogen and oxygen atoms in total. The van der Waals surface area contributed by atoms with E-state index in [9.17, 15) is 0 Å². The normalized spacial score (nSPS) is 10.9. The molecule has 0 fully saturated rings. The van der Waals surface area contributed by atoms with Crippen molar-refractivity contribution < 1.29 is 23.4 Å². The number of fused-ring (bicyclic) bond motifs is 1. The standard InChI is InChI=1S/C20H18BrN3O5/c1-25-16-7-12(8-17(26-2)19(16)27-3)11-29-18-9-14(15-5-4-6-28-15)23-20-13(21)10-22-24(18)20/h4-10H,11H2,1-3H3. The first kappa shape index (κ1) is 19.1. The van der Waals surface area contributed by atoms with E-state index in [-0.39, 0.29) is 6.61 Å². The number of halogens is 1. The largest absolute Gasteiger partial charge is 0.493 e. The zero-order valence-electron chi connectivity index (χ0n) is 16.0. The van der Waals surface area contributed by atoms with Crippen molar-refractivity contribution in [3.8, 4) is 34.6 Å². The van der Waals surface area contributed by atoms with Gasteiger partial charge < -0.3 is 23.4 Å². The highest BCUT2D eigenvalue weighted by Crippen LogP contribution is 2.38. The molecule has 4 aromatic rings. The highest BCUT2D eigenvalue weighted by atomic mass is 79.9. The molecule has 0 saturated heterocycles. The SMILES string of the molecule is COc1cc(COc2cc(-c3ccco3)nc3c(Br)cnn23)cc(OC)c1OC. The van der Waals surface area contributed by atoms with Gasteiger partial charge in [-0.15, -0.1) is 0 Å². The van der Waals surface area contributed by atoms with Gasteiger partial charge in [-0.3, -0.25) is 0 Å². The van der Waals surface area contributed by atoms with Crippen molar-refractivity contribution in [3.05, 3.63) is 52.8 Å². The number of aromatic nitrogens is 3. The van der Waals surface area contributed by atoms with Crippen molar-refractivity contribution in [2.24, 2.45) is 0 Å². The highest BCUT2D eigenvalue weighted by Gasteiger charge is 2.16. The van der Waals surface area contributed by atoms with Gasteiger partial charge in [0.2, 0.25) is 11.6 Å². The Kier molecular flexibility index (Phi) is 5.30. The lowest BCUT2D eigenvalue weighted by Crippen LogP contribution is -2.04. The predicted octanol–water partition coefficient (Wildman–Crippen LogP) is 4.36. The van der Waals surface area contributed by atoms with Gasteiger partial charge in [-0.25, -0.2) is 4.98 Å². The van der Waals surface area contributed by atoms with Crippen LogP contribution in [-0.4, -0.2) is 35.9 Å². The first-order valence-electron chi connectivity index (χ1n) is 8.64. The summed E-state index contributed by atoms with van der Waals surface area (Å²) in [6.45, 7) is 0.255. The minimum atomic E-state index is 0.255. The summed E-state index contributed by atoms with van der Waals surface area (Å²) in [5.74, 6) is 2.80. The lowest BCUT2D eigenvalue weighted by molar-refractivity contribution is 0.281. The molecule has 0 radical (unpaired) electrons. The maximum atomic E-state index is 6.08. The second-order valence-corrected chi connectivity index (χ2v) is 6.86. The van der Waals surface area contributed by atoms with Crippen LogP contribution < -0.4 is 18.9 Å². The number of methoxy groups -OCH3 is 3. The van der Waals surface area contributed by atoms with Crippen molar-refractivity contribution in [3.63, 3.8) is 0 Å². The van der Waals surface area contributed by atoms with E-state index in [1.54, 1.807) is 44.4 Å². The summed E-state index contributed by atoms with van der Waals surface area (Å²) in [6, 6.07) is 9.11. The fourth-order valence-electron chi connectivity index (χ4n) is 2.94. The Balaban J connectivity index is 1.70. The average Bonchev–Trinajstić information content (AvgIpc) is 3.41. The Morgan fingerprint density at radius 1 is 1.07 bits per heavy atom. The quantitative estimate of drug-likeness (QED) is 0.406. The van der Waals surface area contributed by atoms with Crippen molar-refractivity contribution in [2.45, 2.75) is 6.61 Å². The predicted molar refractivity (Wildman–Crippen MR) is 109 cm³/mol. The van der Waals surface area contributed by atoms with Crippen LogP contribution in [0.15, 0.2) is 51.7 Å². The van der Waals surface area contributed by atoms with E-state index in [0.29, 0.717) is 40.2 Å². The van der Waals surface area contributed by atoms with Gasteiger partial charge in [-0.1, -0.05) is 0 Å². The van der Waals surface area contributed by atoms with Crippen LogP contribution in [0.4, 0.5) is 0 Å². The molecule has 0 spiro atoms.